The largest absolute Gasteiger partial charge is 0.363 e. The fourth-order valence-corrected chi connectivity index (χ4v) is 2.96. The molecule has 126 valence electrons. The lowest BCUT2D eigenvalue weighted by Gasteiger charge is -2.19. The van der Waals surface area contributed by atoms with Gasteiger partial charge in [0.1, 0.15) is 11.6 Å². The number of rotatable bonds is 6. The molecule has 0 fully saturated rings. The van der Waals surface area contributed by atoms with Crippen LogP contribution in [0.3, 0.4) is 0 Å². The van der Waals surface area contributed by atoms with E-state index in [0.717, 1.165) is 11.5 Å². The highest BCUT2D eigenvalue weighted by Gasteiger charge is 2.20. The lowest BCUT2D eigenvalue weighted by Crippen LogP contribution is -2.22. The molecular formula is C18H27FN4. The third-order valence-electron chi connectivity index (χ3n) is 4.07. The van der Waals surface area contributed by atoms with Gasteiger partial charge < -0.3 is 10.2 Å². The molecule has 23 heavy (non-hydrogen) atoms. The van der Waals surface area contributed by atoms with E-state index in [9.17, 15) is 4.39 Å². The summed E-state index contributed by atoms with van der Waals surface area (Å²) in [5, 5.41) is 8.10. The minimum absolute atomic E-state index is 0.0635. The number of halogens is 1. The zero-order valence-electron chi connectivity index (χ0n) is 14.9. The second kappa shape index (κ2) is 7.13. The lowest BCUT2D eigenvalue weighted by atomic mass is 10.0. The summed E-state index contributed by atoms with van der Waals surface area (Å²) in [4.78, 5) is 2.07. The first-order valence-electron chi connectivity index (χ1n) is 8.03. The van der Waals surface area contributed by atoms with E-state index >= 15 is 0 Å². The van der Waals surface area contributed by atoms with Gasteiger partial charge in [0.2, 0.25) is 0 Å². The Hall–Kier alpha value is -1.88. The van der Waals surface area contributed by atoms with E-state index in [1.165, 1.54) is 11.6 Å². The van der Waals surface area contributed by atoms with Crippen molar-refractivity contribution in [2.75, 3.05) is 19.0 Å². The molecule has 0 spiro atoms. The molecule has 1 atom stereocenters. The van der Waals surface area contributed by atoms with Crippen LogP contribution < -0.4 is 10.2 Å². The Kier molecular flexibility index (Phi) is 5.42. The lowest BCUT2D eigenvalue weighted by molar-refractivity contribution is 0.526. The predicted octanol–water partition coefficient (Wildman–Crippen LogP) is 3.60. The molecule has 1 heterocycles. The van der Waals surface area contributed by atoms with E-state index in [0.29, 0.717) is 18.0 Å². The fraction of sp³-hybridized carbons (Fsp3) is 0.500. The van der Waals surface area contributed by atoms with Crippen LogP contribution in [-0.2, 0) is 13.6 Å². The van der Waals surface area contributed by atoms with Crippen LogP contribution in [0.2, 0.25) is 0 Å². The number of benzene rings is 1. The highest BCUT2D eigenvalue weighted by atomic mass is 19.1. The third-order valence-corrected chi connectivity index (χ3v) is 4.07. The average molecular weight is 318 g/mol. The minimum atomic E-state index is -0.171. The first kappa shape index (κ1) is 17.5. The van der Waals surface area contributed by atoms with Crippen molar-refractivity contribution in [3.8, 4) is 0 Å². The summed E-state index contributed by atoms with van der Waals surface area (Å²) in [6.07, 6.45) is 0. The number of nitrogens with one attached hydrogen (secondary N) is 1. The normalized spacial score (nSPS) is 12.7. The predicted molar refractivity (Wildman–Crippen MR) is 93.3 cm³/mol. The Morgan fingerprint density at radius 1 is 1.22 bits per heavy atom. The van der Waals surface area contributed by atoms with E-state index in [2.05, 4.69) is 29.2 Å². The Morgan fingerprint density at radius 3 is 2.43 bits per heavy atom. The number of anilines is 1. The van der Waals surface area contributed by atoms with Crippen molar-refractivity contribution in [3.05, 3.63) is 46.9 Å². The van der Waals surface area contributed by atoms with Gasteiger partial charge in [-0.05, 0) is 18.9 Å². The summed E-state index contributed by atoms with van der Waals surface area (Å²) in [6.45, 7) is 6.93. The molecule has 4 nitrogen and oxygen atoms in total. The summed E-state index contributed by atoms with van der Waals surface area (Å²) in [6, 6.07) is 6.85. The molecule has 1 unspecified atom stereocenters. The zero-order valence-corrected chi connectivity index (χ0v) is 14.9. The standard InChI is InChI=1S/C18H27FN4/c1-12(2)17-15(18(22(4)5)23(6)21-17)11-20-13(3)14-9-7-8-10-16(14)19/h7-10,12-13,20H,11H2,1-6H3. The van der Waals surface area contributed by atoms with Gasteiger partial charge in [0.05, 0.1) is 5.69 Å². The maximum atomic E-state index is 13.9. The van der Waals surface area contributed by atoms with Crippen molar-refractivity contribution in [3.63, 3.8) is 0 Å². The number of hydrogen-bond acceptors (Lipinski definition) is 3. The Morgan fingerprint density at radius 2 is 1.87 bits per heavy atom. The van der Waals surface area contributed by atoms with E-state index < -0.39 is 0 Å². The number of hydrogen-bond donors (Lipinski definition) is 1. The first-order valence-corrected chi connectivity index (χ1v) is 8.03. The maximum Gasteiger partial charge on any atom is 0.130 e. The van der Waals surface area contributed by atoms with Crippen molar-refractivity contribution in [2.24, 2.45) is 7.05 Å². The van der Waals surface area contributed by atoms with Crippen molar-refractivity contribution >= 4 is 5.82 Å². The van der Waals surface area contributed by atoms with Crippen LogP contribution in [0.5, 0.6) is 0 Å². The Labute approximate surface area is 138 Å². The van der Waals surface area contributed by atoms with Crippen LogP contribution in [0.25, 0.3) is 0 Å². The third kappa shape index (κ3) is 3.72. The number of aromatic nitrogens is 2. The molecular weight excluding hydrogens is 291 g/mol. The minimum Gasteiger partial charge on any atom is -0.363 e. The topological polar surface area (TPSA) is 33.1 Å². The fourth-order valence-electron chi connectivity index (χ4n) is 2.96. The van der Waals surface area contributed by atoms with Gasteiger partial charge in [-0.3, -0.25) is 4.68 Å². The van der Waals surface area contributed by atoms with E-state index in [4.69, 9.17) is 0 Å². The zero-order chi connectivity index (χ0) is 17.1. The van der Waals surface area contributed by atoms with Crippen molar-refractivity contribution < 1.29 is 4.39 Å². The van der Waals surface area contributed by atoms with Crippen LogP contribution in [-0.4, -0.2) is 23.9 Å². The summed E-state index contributed by atoms with van der Waals surface area (Å²) >= 11 is 0. The van der Waals surface area contributed by atoms with Gasteiger partial charge >= 0.3 is 0 Å². The van der Waals surface area contributed by atoms with Crippen LogP contribution in [0, 0.1) is 5.82 Å². The van der Waals surface area contributed by atoms with Crippen molar-refractivity contribution in [1.82, 2.24) is 15.1 Å². The molecule has 2 rings (SSSR count). The van der Waals surface area contributed by atoms with E-state index in [1.807, 2.05) is 44.9 Å². The molecule has 2 aromatic rings. The molecule has 0 bridgehead atoms. The molecule has 0 saturated carbocycles. The first-order chi connectivity index (χ1) is 10.8. The van der Waals surface area contributed by atoms with Crippen LogP contribution >= 0.6 is 0 Å². The second-order valence-electron chi connectivity index (χ2n) is 6.48. The quantitative estimate of drug-likeness (QED) is 0.883. The molecule has 0 radical (unpaired) electrons. The monoisotopic (exact) mass is 318 g/mol. The maximum absolute atomic E-state index is 13.9. The molecule has 5 heteroatoms. The van der Waals surface area contributed by atoms with Crippen molar-refractivity contribution in [1.29, 1.82) is 0 Å². The SMILES string of the molecule is CC(C)c1nn(C)c(N(C)C)c1CNC(C)c1ccccc1F. The molecule has 0 saturated heterocycles. The highest BCUT2D eigenvalue weighted by Crippen LogP contribution is 2.28. The van der Waals surface area contributed by atoms with Crippen LogP contribution in [0.15, 0.2) is 24.3 Å². The van der Waals surface area contributed by atoms with Gasteiger partial charge in [0.25, 0.3) is 0 Å². The van der Waals surface area contributed by atoms with Crippen molar-refractivity contribution in [2.45, 2.75) is 39.3 Å². The number of aryl methyl sites for hydroxylation is 1. The smallest absolute Gasteiger partial charge is 0.130 e. The molecule has 0 aliphatic carbocycles. The Balaban J connectivity index is 2.24. The van der Waals surface area contributed by atoms with E-state index in [1.54, 1.807) is 6.07 Å². The summed E-state index contributed by atoms with van der Waals surface area (Å²) in [7, 11) is 6.00. The van der Waals surface area contributed by atoms with Gasteiger partial charge in [-0.2, -0.15) is 5.10 Å². The van der Waals surface area contributed by atoms with Gasteiger partial charge in [0.15, 0.2) is 0 Å². The molecule has 0 aliphatic heterocycles. The van der Waals surface area contributed by atoms with Gasteiger partial charge in [0, 0.05) is 44.9 Å². The van der Waals surface area contributed by atoms with E-state index in [-0.39, 0.29) is 11.9 Å². The van der Waals surface area contributed by atoms with Gasteiger partial charge in [-0.25, -0.2) is 4.39 Å². The second-order valence-corrected chi connectivity index (χ2v) is 6.48. The molecule has 1 aromatic carbocycles. The summed E-state index contributed by atoms with van der Waals surface area (Å²) in [5.41, 5.74) is 2.95. The average Bonchev–Trinajstić information content (AvgIpc) is 2.82. The molecule has 0 aliphatic rings. The van der Waals surface area contributed by atoms with Crippen LogP contribution in [0.1, 0.15) is 49.6 Å². The molecule has 1 aromatic heterocycles. The summed E-state index contributed by atoms with van der Waals surface area (Å²) < 4.78 is 15.8. The summed E-state index contributed by atoms with van der Waals surface area (Å²) in [5.74, 6) is 1.26. The van der Waals surface area contributed by atoms with Crippen LogP contribution in [0.4, 0.5) is 10.2 Å². The highest BCUT2D eigenvalue weighted by molar-refractivity contribution is 5.50. The number of nitrogens with zero attached hydrogens (tertiary/aromatic N) is 3. The van der Waals surface area contributed by atoms with Gasteiger partial charge in [-0.1, -0.05) is 32.0 Å². The van der Waals surface area contributed by atoms with Gasteiger partial charge in [-0.15, -0.1) is 0 Å². The Bertz CT molecular complexity index is 661. The molecule has 1 N–H and O–H groups in total. The molecule has 0 amide bonds.